The van der Waals surface area contributed by atoms with Gasteiger partial charge in [-0.25, -0.2) is 0 Å². The van der Waals surface area contributed by atoms with Gasteiger partial charge in [0.2, 0.25) is 0 Å². The van der Waals surface area contributed by atoms with E-state index in [0.29, 0.717) is 13.2 Å². The molecule has 0 heterocycles. The van der Waals surface area contributed by atoms with Crippen molar-refractivity contribution in [3.8, 4) is 0 Å². The maximum atomic E-state index is 9.58. The lowest BCUT2D eigenvalue weighted by atomic mass is 10.1. The van der Waals surface area contributed by atoms with E-state index in [1.807, 2.05) is 31.3 Å². The zero-order chi connectivity index (χ0) is 12.7. The topological polar surface area (TPSA) is 32.7 Å². The van der Waals surface area contributed by atoms with Gasteiger partial charge >= 0.3 is 0 Å². The van der Waals surface area contributed by atoms with E-state index in [2.05, 4.69) is 4.90 Å². The lowest BCUT2D eigenvalue weighted by Gasteiger charge is -2.20. The molecule has 0 bridgehead atoms. The molecule has 1 rings (SSSR count). The summed E-state index contributed by atoms with van der Waals surface area (Å²) in [5, 5.41) is 10.4. The summed E-state index contributed by atoms with van der Waals surface area (Å²) in [6.07, 6.45) is 0.451. The van der Waals surface area contributed by atoms with E-state index in [1.54, 1.807) is 7.11 Å². The standard InChI is InChI=1S/C13H20ClNO2/c1-15(9-12(16)10-17-2)8-7-11-5-3-4-6-13(11)14/h3-6,12,16H,7-10H2,1-2H3. The Labute approximate surface area is 108 Å². The first-order valence-corrected chi connectivity index (χ1v) is 6.10. The van der Waals surface area contributed by atoms with Gasteiger partial charge in [0.05, 0.1) is 12.7 Å². The fraction of sp³-hybridized carbons (Fsp3) is 0.538. The van der Waals surface area contributed by atoms with Crippen molar-refractivity contribution in [1.82, 2.24) is 4.90 Å². The third-order valence-electron chi connectivity index (χ3n) is 2.60. The highest BCUT2D eigenvalue weighted by atomic mass is 35.5. The minimum Gasteiger partial charge on any atom is -0.389 e. The molecule has 3 nitrogen and oxygen atoms in total. The molecule has 0 spiro atoms. The van der Waals surface area contributed by atoms with Crippen LogP contribution in [0.5, 0.6) is 0 Å². The summed E-state index contributed by atoms with van der Waals surface area (Å²) < 4.78 is 4.89. The molecule has 0 aliphatic rings. The van der Waals surface area contributed by atoms with Crippen LogP contribution < -0.4 is 0 Å². The van der Waals surface area contributed by atoms with Crippen LogP contribution in [0.25, 0.3) is 0 Å². The third kappa shape index (κ3) is 5.50. The van der Waals surface area contributed by atoms with E-state index >= 15 is 0 Å². The maximum absolute atomic E-state index is 9.58. The van der Waals surface area contributed by atoms with Crippen LogP contribution in [0.15, 0.2) is 24.3 Å². The quantitative estimate of drug-likeness (QED) is 0.809. The summed E-state index contributed by atoms with van der Waals surface area (Å²) in [6.45, 7) is 1.85. The van der Waals surface area contributed by atoms with Crippen molar-refractivity contribution >= 4 is 11.6 Å². The number of rotatable bonds is 7. The molecular weight excluding hydrogens is 238 g/mol. The summed E-state index contributed by atoms with van der Waals surface area (Å²) >= 11 is 6.08. The van der Waals surface area contributed by atoms with Crippen LogP contribution in [0, 0.1) is 0 Å². The molecule has 0 aliphatic heterocycles. The van der Waals surface area contributed by atoms with Crippen LogP contribution in [-0.2, 0) is 11.2 Å². The molecule has 0 radical (unpaired) electrons. The lowest BCUT2D eigenvalue weighted by molar-refractivity contribution is 0.0435. The first-order valence-electron chi connectivity index (χ1n) is 5.72. The van der Waals surface area contributed by atoms with Gasteiger partial charge in [-0.1, -0.05) is 29.8 Å². The number of halogens is 1. The van der Waals surface area contributed by atoms with E-state index in [0.717, 1.165) is 23.6 Å². The van der Waals surface area contributed by atoms with Crippen molar-refractivity contribution in [3.63, 3.8) is 0 Å². The molecule has 1 aromatic carbocycles. The van der Waals surface area contributed by atoms with Gasteiger partial charge < -0.3 is 14.7 Å². The average Bonchev–Trinajstić information content (AvgIpc) is 2.28. The Morgan fingerprint density at radius 3 is 2.76 bits per heavy atom. The first kappa shape index (κ1) is 14.5. The summed E-state index contributed by atoms with van der Waals surface area (Å²) in [5.74, 6) is 0. The van der Waals surface area contributed by atoms with Crippen LogP contribution in [-0.4, -0.2) is 50.0 Å². The zero-order valence-electron chi connectivity index (χ0n) is 10.4. The van der Waals surface area contributed by atoms with Crippen molar-refractivity contribution in [3.05, 3.63) is 34.9 Å². The van der Waals surface area contributed by atoms with Gasteiger partial charge in [0, 0.05) is 25.2 Å². The van der Waals surface area contributed by atoms with E-state index < -0.39 is 6.10 Å². The van der Waals surface area contributed by atoms with Gasteiger partial charge in [-0.3, -0.25) is 0 Å². The monoisotopic (exact) mass is 257 g/mol. The number of nitrogens with zero attached hydrogens (tertiary/aromatic N) is 1. The second-order valence-electron chi connectivity index (χ2n) is 4.21. The SMILES string of the molecule is COCC(O)CN(C)CCc1ccccc1Cl. The highest BCUT2D eigenvalue weighted by Gasteiger charge is 2.08. The van der Waals surface area contributed by atoms with Gasteiger partial charge in [0.25, 0.3) is 0 Å². The summed E-state index contributed by atoms with van der Waals surface area (Å²) in [5.41, 5.74) is 1.14. The van der Waals surface area contributed by atoms with Gasteiger partial charge in [-0.15, -0.1) is 0 Å². The molecule has 0 fully saturated rings. The smallest absolute Gasteiger partial charge is 0.0899 e. The van der Waals surface area contributed by atoms with Crippen molar-refractivity contribution in [2.24, 2.45) is 0 Å². The zero-order valence-corrected chi connectivity index (χ0v) is 11.2. The Morgan fingerprint density at radius 1 is 1.41 bits per heavy atom. The van der Waals surface area contributed by atoms with Crippen LogP contribution in [0.4, 0.5) is 0 Å². The number of aliphatic hydroxyl groups is 1. The molecule has 0 aliphatic carbocycles. The first-order chi connectivity index (χ1) is 8.13. The fourth-order valence-electron chi connectivity index (χ4n) is 1.71. The molecule has 17 heavy (non-hydrogen) atoms. The van der Waals surface area contributed by atoms with Crippen molar-refractivity contribution in [2.45, 2.75) is 12.5 Å². The lowest BCUT2D eigenvalue weighted by Crippen LogP contribution is -2.33. The van der Waals surface area contributed by atoms with Crippen LogP contribution in [0.2, 0.25) is 5.02 Å². The molecule has 0 aromatic heterocycles. The number of aliphatic hydroxyl groups excluding tert-OH is 1. The Hall–Kier alpha value is -0.610. The molecule has 0 saturated heterocycles. The van der Waals surface area contributed by atoms with Gasteiger partial charge in [0.15, 0.2) is 0 Å². The summed E-state index contributed by atoms with van der Waals surface area (Å²) in [7, 11) is 3.57. The predicted octanol–water partition coefficient (Wildman–Crippen LogP) is 1.82. The largest absolute Gasteiger partial charge is 0.389 e. The second kappa shape index (κ2) is 7.67. The normalized spacial score (nSPS) is 13.0. The molecule has 0 amide bonds. The number of methoxy groups -OCH3 is 1. The van der Waals surface area contributed by atoms with E-state index in [9.17, 15) is 5.11 Å². The molecular formula is C13H20ClNO2. The third-order valence-corrected chi connectivity index (χ3v) is 2.97. The van der Waals surface area contributed by atoms with Gasteiger partial charge in [0.1, 0.15) is 0 Å². The number of benzene rings is 1. The predicted molar refractivity (Wildman–Crippen MR) is 70.5 cm³/mol. The molecule has 1 unspecified atom stereocenters. The summed E-state index contributed by atoms with van der Waals surface area (Å²) in [4.78, 5) is 2.08. The maximum Gasteiger partial charge on any atom is 0.0899 e. The Balaban J connectivity index is 2.33. The minimum absolute atomic E-state index is 0.371. The number of hydrogen-bond donors (Lipinski definition) is 1. The van der Waals surface area contributed by atoms with Crippen molar-refractivity contribution < 1.29 is 9.84 Å². The molecule has 1 atom stereocenters. The Bertz CT molecular complexity index is 333. The highest BCUT2D eigenvalue weighted by Crippen LogP contribution is 2.15. The van der Waals surface area contributed by atoms with E-state index in [4.69, 9.17) is 16.3 Å². The summed E-state index contributed by atoms with van der Waals surface area (Å²) in [6, 6.07) is 7.84. The number of hydrogen-bond acceptors (Lipinski definition) is 3. The fourth-order valence-corrected chi connectivity index (χ4v) is 1.94. The number of ether oxygens (including phenoxy) is 1. The molecule has 0 saturated carbocycles. The number of likely N-dealkylation sites (N-methyl/N-ethyl adjacent to an activating group) is 1. The Morgan fingerprint density at radius 2 is 2.12 bits per heavy atom. The van der Waals surface area contributed by atoms with E-state index in [1.165, 1.54) is 0 Å². The molecule has 96 valence electrons. The average molecular weight is 258 g/mol. The minimum atomic E-state index is -0.434. The van der Waals surface area contributed by atoms with Crippen molar-refractivity contribution in [2.75, 3.05) is 33.9 Å². The van der Waals surface area contributed by atoms with Crippen LogP contribution >= 0.6 is 11.6 Å². The van der Waals surface area contributed by atoms with Crippen LogP contribution in [0.1, 0.15) is 5.56 Å². The van der Waals surface area contributed by atoms with Gasteiger partial charge in [-0.2, -0.15) is 0 Å². The van der Waals surface area contributed by atoms with E-state index in [-0.39, 0.29) is 0 Å². The molecule has 1 N–H and O–H groups in total. The second-order valence-corrected chi connectivity index (χ2v) is 4.62. The van der Waals surface area contributed by atoms with Crippen molar-refractivity contribution in [1.29, 1.82) is 0 Å². The Kier molecular flexibility index (Phi) is 6.52. The molecule has 1 aromatic rings. The highest BCUT2D eigenvalue weighted by molar-refractivity contribution is 6.31. The van der Waals surface area contributed by atoms with Gasteiger partial charge in [-0.05, 0) is 25.1 Å². The van der Waals surface area contributed by atoms with Crippen LogP contribution in [0.3, 0.4) is 0 Å². The molecule has 4 heteroatoms.